The van der Waals surface area contributed by atoms with Crippen LogP contribution in [0.3, 0.4) is 0 Å². The molecule has 0 atom stereocenters. The highest BCUT2D eigenvalue weighted by molar-refractivity contribution is 5.58. The molecule has 0 aliphatic carbocycles. The van der Waals surface area contributed by atoms with Gasteiger partial charge in [0.05, 0.1) is 19.8 Å². The van der Waals surface area contributed by atoms with E-state index in [9.17, 15) is 4.79 Å². The first kappa shape index (κ1) is 6.27. The van der Waals surface area contributed by atoms with Gasteiger partial charge in [0.15, 0.2) is 0 Å². The van der Waals surface area contributed by atoms with Crippen molar-refractivity contribution in [3.8, 4) is 0 Å². The fourth-order valence-electron chi connectivity index (χ4n) is 1.07. The van der Waals surface area contributed by atoms with Gasteiger partial charge >= 0.3 is 5.97 Å². The minimum atomic E-state index is -1.35. The highest BCUT2D eigenvalue weighted by atomic mass is 16.9. The molecule has 0 N–H and O–H groups in total. The number of carbonyl (C=O) groups is 1. The predicted molar refractivity (Wildman–Crippen MR) is 30.1 cm³/mol. The molecule has 0 unspecified atom stereocenters. The second kappa shape index (κ2) is 2.02. The summed E-state index contributed by atoms with van der Waals surface area (Å²) in [7, 11) is 0. The topological polar surface area (TPSA) is 44.8 Å². The molecule has 3 rings (SSSR count). The average molecular weight is 144 g/mol. The fraction of sp³-hybridized carbons (Fsp3) is 0.833. The highest BCUT2D eigenvalue weighted by Gasteiger charge is 2.44. The van der Waals surface area contributed by atoms with E-state index in [2.05, 4.69) is 0 Å². The van der Waals surface area contributed by atoms with Gasteiger partial charge in [0.25, 0.3) is 0 Å². The second-order valence-electron chi connectivity index (χ2n) is 2.52. The van der Waals surface area contributed by atoms with Crippen LogP contribution in [-0.2, 0) is 19.0 Å². The standard InChI is InChI=1S/C6H8O4/c7-4-6-8-1-5(2-9-6)3-10-6/h4-5H,1-3H2. The zero-order valence-electron chi connectivity index (χ0n) is 5.41. The fourth-order valence-corrected chi connectivity index (χ4v) is 1.07. The largest absolute Gasteiger partial charge is 0.343 e. The molecule has 4 heteroatoms. The Bertz CT molecular complexity index is 134. The average Bonchev–Trinajstić information content (AvgIpc) is 2.08. The minimum Gasteiger partial charge on any atom is -0.321 e. The summed E-state index contributed by atoms with van der Waals surface area (Å²) >= 11 is 0. The quantitative estimate of drug-likeness (QED) is 0.467. The van der Waals surface area contributed by atoms with Crippen LogP contribution < -0.4 is 0 Å². The van der Waals surface area contributed by atoms with E-state index in [4.69, 9.17) is 14.2 Å². The normalized spacial score (nSPS) is 45.4. The van der Waals surface area contributed by atoms with Gasteiger partial charge in [-0.15, -0.1) is 0 Å². The molecule has 0 saturated carbocycles. The molecule has 0 amide bonds. The number of ether oxygens (including phenoxy) is 3. The lowest BCUT2D eigenvalue weighted by Crippen LogP contribution is -2.54. The molecule has 56 valence electrons. The van der Waals surface area contributed by atoms with E-state index in [0.29, 0.717) is 32.0 Å². The summed E-state index contributed by atoms with van der Waals surface area (Å²) in [6.07, 6.45) is 0.558. The maximum Gasteiger partial charge on any atom is 0.343 e. The SMILES string of the molecule is O=CC12OCC(CO1)CO2. The van der Waals surface area contributed by atoms with E-state index in [-0.39, 0.29) is 0 Å². The molecule has 0 spiro atoms. The number of fused-ring (bicyclic) bond motifs is 3. The molecule has 4 nitrogen and oxygen atoms in total. The van der Waals surface area contributed by atoms with Crippen molar-refractivity contribution in [2.24, 2.45) is 5.92 Å². The van der Waals surface area contributed by atoms with Crippen LogP contribution >= 0.6 is 0 Å². The van der Waals surface area contributed by atoms with Crippen molar-refractivity contribution in [1.82, 2.24) is 0 Å². The van der Waals surface area contributed by atoms with Gasteiger partial charge in [0.1, 0.15) is 0 Å². The first-order valence-corrected chi connectivity index (χ1v) is 3.23. The van der Waals surface area contributed by atoms with Crippen molar-refractivity contribution in [2.45, 2.75) is 5.97 Å². The molecule has 3 saturated heterocycles. The number of aldehydes is 1. The van der Waals surface area contributed by atoms with E-state index < -0.39 is 5.97 Å². The molecule has 3 aliphatic heterocycles. The Hall–Kier alpha value is -0.450. The first-order valence-electron chi connectivity index (χ1n) is 3.23. The number of hydrogen-bond donors (Lipinski definition) is 0. The van der Waals surface area contributed by atoms with Gasteiger partial charge in [-0.25, -0.2) is 0 Å². The summed E-state index contributed by atoms with van der Waals surface area (Å²) in [6.45, 7) is 1.70. The maximum atomic E-state index is 10.4. The third kappa shape index (κ3) is 0.767. The van der Waals surface area contributed by atoms with E-state index in [1.165, 1.54) is 0 Å². The Morgan fingerprint density at radius 3 is 2.00 bits per heavy atom. The van der Waals surface area contributed by atoms with Gasteiger partial charge in [-0.3, -0.25) is 4.79 Å². The van der Waals surface area contributed by atoms with Crippen molar-refractivity contribution in [3.63, 3.8) is 0 Å². The summed E-state index contributed by atoms with van der Waals surface area (Å²) in [5, 5.41) is 0. The summed E-state index contributed by atoms with van der Waals surface area (Å²) < 4.78 is 15.0. The monoisotopic (exact) mass is 144 g/mol. The maximum absolute atomic E-state index is 10.4. The Morgan fingerprint density at radius 2 is 1.70 bits per heavy atom. The molecule has 3 fully saturated rings. The van der Waals surface area contributed by atoms with Crippen molar-refractivity contribution < 1.29 is 19.0 Å². The molecule has 3 aliphatic rings. The Balaban J connectivity index is 2.15. The summed E-state index contributed by atoms with van der Waals surface area (Å²) in [5.41, 5.74) is 0. The molecule has 0 aromatic carbocycles. The lowest BCUT2D eigenvalue weighted by atomic mass is 10.1. The van der Waals surface area contributed by atoms with Gasteiger partial charge in [-0.05, 0) is 0 Å². The molecule has 2 bridgehead atoms. The Labute approximate surface area is 58.1 Å². The highest BCUT2D eigenvalue weighted by Crippen LogP contribution is 2.27. The van der Waals surface area contributed by atoms with Crippen molar-refractivity contribution in [3.05, 3.63) is 0 Å². The van der Waals surface area contributed by atoms with Gasteiger partial charge in [-0.2, -0.15) is 0 Å². The lowest BCUT2D eigenvalue weighted by molar-refractivity contribution is -0.416. The third-order valence-corrected chi connectivity index (χ3v) is 1.70. The van der Waals surface area contributed by atoms with Gasteiger partial charge in [-0.1, -0.05) is 0 Å². The van der Waals surface area contributed by atoms with Crippen LogP contribution in [0.4, 0.5) is 0 Å². The third-order valence-electron chi connectivity index (χ3n) is 1.70. The van der Waals surface area contributed by atoms with Crippen LogP contribution in [0.25, 0.3) is 0 Å². The van der Waals surface area contributed by atoms with Crippen molar-refractivity contribution in [1.29, 1.82) is 0 Å². The molecule has 0 radical (unpaired) electrons. The van der Waals surface area contributed by atoms with Crippen molar-refractivity contribution >= 4 is 6.29 Å². The zero-order chi connectivity index (χ0) is 7.03. The first-order chi connectivity index (χ1) is 4.85. The summed E-state index contributed by atoms with van der Waals surface area (Å²) in [4.78, 5) is 10.4. The lowest BCUT2D eigenvalue weighted by Gasteiger charge is -2.41. The van der Waals surface area contributed by atoms with E-state index in [1.807, 2.05) is 0 Å². The molecule has 0 aromatic heterocycles. The molecule has 3 heterocycles. The number of hydrogen-bond acceptors (Lipinski definition) is 4. The van der Waals surface area contributed by atoms with Gasteiger partial charge in [0, 0.05) is 5.92 Å². The van der Waals surface area contributed by atoms with Crippen LogP contribution in [0.5, 0.6) is 0 Å². The van der Waals surface area contributed by atoms with Gasteiger partial charge in [0.2, 0.25) is 6.29 Å². The molecular formula is C6H8O4. The van der Waals surface area contributed by atoms with Crippen LogP contribution in [0.1, 0.15) is 0 Å². The Kier molecular flexibility index (Phi) is 1.26. The minimum absolute atomic E-state index is 0.307. The number of rotatable bonds is 1. The van der Waals surface area contributed by atoms with Crippen LogP contribution in [0.2, 0.25) is 0 Å². The summed E-state index contributed by atoms with van der Waals surface area (Å²) in [6, 6.07) is 0. The van der Waals surface area contributed by atoms with Crippen LogP contribution in [0.15, 0.2) is 0 Å². The Morgan fingerprint density at radius 1 is 1.20 bits per heavy atom. The zero-order valence-corrected chi connectivity index (χ0v) is 5.41. The van der Waals surface area contributed by atoms with E-state index in [0.717, 1.165) is 0 Å². The summed E-state index contributed by atoms with van der Waals surface area (Å²) in [5.74, 6) is -1.05. The van der Waals surface area contributed by atoms with E-state index in [1.54, 1.807) is 0 Å². The van der Waals surface area contributed by atoms with Crippen LogP contribution in [-0.4, -0.2) is 32.1 Å². The molecule has 10 heavy (non-hydrogen) atoms. The van der Waals surface area contributed by atoms with Crippen LogP contribution in [0, 0.1) is 5.92 Å². The van der Waals surface area contributed by atoms with Crippen molar-refractivity contribution in [2.75, 3.05) is 19.8 Å². The second-order valence-corrected chi connectivity index (χ2v) is 2.52. The van der Waals surface area contributed by atoms with E-state index >= 15 is 0 Å². The molecular weight excluding hydrogens is 136 g/mol. The van der Waals surface area contributed by atoms with Gasteiger partial charge < -0.3 is 14.2 Å². The number of carbonyl (C=O) groups excluding carboxylic acids is 1. The predicted octanol–water partition coefficient (Wildman–Crippen LogP) is -0.468. The molecule has 0 aromatic rings. The smallest absolute Gasteiger partial charge is 0.321 e.